The van der Waals surface area contributed by atoms with Crippen LogP contribution in [0.25, 0.3) is 0 Å². The van der Waals surface area contributed by atoms with Crippen molar-refractivity contribution in [3.05, 3.63) is 48.6 Å². The van der Waals surface area contributed by atoms with Gasteiger partial charge in [-0.05, 0) is 83.5 Å². The number of nitrogens with one attached hydrogen (secondary N) is 1. The summed E-state index contributed by atoms with van der Waals surface area (Å²) in [6.45, 7) is 4.82. The Morgan fingerprint density at radius 1 is 0.424 bits per heavy atom. The van der Waals surface area contributed by atoms with Crippen LogP contribution < -0.4 is 5.32 Å². The van der Waals surface area contributed by atoms with E-state index >= 15 is 0 Å². The molecule has 0 aliphatic heterocycles. The van der Waals surface area contributed by atoms with Gasteiger partial charge in [-0.25, -0.2) is 0 Å². The van der Waals surface area contributed by atoms with Crippen LogP contribution in [-0.2, 0) is 14.3 Å². The lowest BCUT2D eigenvalue weighted by Crippen LogP contribution is -2.45. The molecular weight excluding hydrogens is 815 g/mol. The van der Waals surface area contributed by atoms with E-state index in [1.807, 2.05) is 6.08 Å². The van der Waals surface area contributed by atoms with Crippen LogP contribution in [0.4, 0.5) is 0 Å². The summed E-state index contributed by atoms with van der Waals surface area (Å²) in [5.41, 5.74) is 0. The zero-order chi connectivity index (χ0) is 47.9. The molecule has 6 heteroatoms. The molecule has 0 aliphatic rings. The molecule has 0 bridgehead atoms. The second-order valence-corrected chi connectivity index (χ2v) is 19.6. The summed E-state index contributed by atoms with van der Waals surface area (Å²) in [7, 11) is 0. The average molecular weight is 927 g/mol. The summed E-state index contributed by atoms with van der Waals surface area (Å²) in [6, 6.07) is -0.651. The first-order valence-corrected chi connectivity index (χ1v) is 28.9. The predicted molar refractivity (Wildman–Crippen MR) is 287 cm³/mol. The van der Waals surface area contributed by atoms with Gasteiger partial charge in [0.2, 0.25) is 5.91 Å². The van der Waals surface area contributed by atoms with Crippen LogP contribution in [0.15, 0.2) is 48.6 Å². The van der Waals surface area contributed by atoms with Crippen LogP contribution in [0.5, 0.6) is 0 Å². The number of unbranched alkanes of at least 4 members (excludes halogenated alkanes) is 36. The first-order valence-electron chi connectivity index (χ1n) is 28.9. The lowest BCUT2D eigenvalue weighted by atomic mass is 10.0. The lowest BCUT2D eigenvalue weighted by molar-refractivity contribution is -0.143. The molecule has 0 aromatic carbocycles. The predicted octanol–water partition coefficient (Wildman–Crippen LogP) is 17.8. The van der Waals surface area contributed by atoms with E-state index in [0.717, 1.165) is 83.5 Å². The minimum atomic E-state index is -0.864. The molecule has 0 heterocycles. The molecule has 0 aliphatic carbocycles. The summed E-state index contributed by atoms with van der Waals surface area (Å²) >= 11 is 0. The third-order valence-electron chi connectivity index (χ3n) is 13.1. The molecule has 2 unspecified atom stereocenters. The maximum atomic E-state index is 12.5. The minimum absolute atomic E-state index is 0.0288. The fourth-order valence-electron chi connectivity index (χ4n) is 8.59. The highest BCUT2D eigenvalue weighted by Crippen LogP contribution is 2.16. The molecule has 2 atom stereocenters. The number of hydrogen-bond acceptors (Lipinski definition) is 5. The van der Waals surface area contributed by atoms with Gasteiger partial charge in [-0.2, -0.15) is 0 Å². The van der Waals surface area contributed by atoms with E-state index in [1.54, 1.807) is 6.08 Å². The second kappa shape index (κ2) is 55.4. The largest absolute Gasteiger partial charge is 0.466 e. The number of rotatable bonds is 53. The van der Waals surface area contributed by atoms with Crippen LogP contribution in [0.2, 0.25) is 0 Å². The molecule has 0 spiro atoms. The molecule has 3 N–H and O–H groups in total. The third-order valence-corrected chi connectivity index (χ3v) is 13.1. The van der Waals surface area contributed by atoms with Crippen LogP contribution in [-0.4, -0.2) is 47.4 Å². The maximum Gasteiger partial charge on any atom is 0.305 e. The first-order chi connectivity index (χ1) is 32.5. The van der Waals surface area contributed by atoms with Crippen molar-refractivity contribution >= 4 is 11.9 Å². The van der Waals surface area contributed by atoms with Crippen molar-refractivity contribution in [3.63, 3.8) is 0 Å². The molecule has 6 nitrogen and oxygen atoms in total. The number of carbonyl (C=O) groups excluding carboxylic acids is 2. The van der Waals surface area contributed by atoms with E-state index in [0.29, 0.717) is 19.4 Å². The van der Waals surface area contributed by atoms with Crippen molar-refractivity contribution in [1.29, 1.82) is 0 Å². The molecule has 0 radical (unpaired) electrons. The molecule has 0 saturated carbocycles. The quantitative estimate of drug-likeness (QED) is 0.0321. The van der Waals surface area contributed by atoms with Gasteiger partial charge < -0.3 is 20.3 Å². The highest BCUT2D eigenvalue weighted by molar-refractivity contribution is 5.76. The Hall–Kier alpha value is -2.18. The Kier molecular flexibility index (Phi) is 53.6. The van der Waals surface area contributed by atoms with E-state index in [1.165, 1.54) is 186 Å². The van der Waals surface area contributed by atoms with Crippen LogP contribution >= 0.6 is 0 Å². The van der Waals surface area contributed by atoms with Gasteiger partial charge in [0, 0.05) is 12.8 Å². The first kappa shape index (κ1) is 63.8. The highest BCUT2D eigenvalue weighted by atomic mass is 16.5. The highest BCUT2D eigenvalue weighted by Gasteiger charge is 2.18. The molecule has 0 fully saturated rings. The van der Waals surface area contributed by atoms with Crippen LogP contribution in [0.1, 0.15) is 296 Å². The summed E-state index contributed by atoms with van der Waals surface area (Å²) in [4.78, 5) is 24.5. The van der Waals surface area contributed by atoms with E-state index < -0.39 is 12.1 Å². The van der Waals surface area contributed by atoms with Gasteiger partial charge >= 0.3 is 5.97 Å². The van der Waals surface area contributed by atoms with Gasteiger partial charge in [-0.15, -0.1) is 0 Å². The van der Waals surface area contributed by atoms with Crippen molar-refractivity contribution < 1.29 is 24.5 Å². The Bertz CT molecular complexity index is 1110. The summed E-state index contributed by atoms with van der Waals surface area (Å²) in [6.07, 6.45) is 69.9. The number of carbonyl (C=O) groups is 2. The molecule has 0 rings (SSSR count). The van der Waals surface area contributed by atoms with Gasteiger partial charge in [-0.3, -0.25) is 9.59 Å². The summed E-state index contributed by atoms with van der Waals surface area (Å²) in [5, 5.41) is 23.1. The standard InChI is InChI=1S/C60H111NO5/c1-3-5-7-9-11-13-15-17-19-20-21-22-23-24-25-26-28-32-36-40-44-48-52-58(63)57(56-62)61-59(64)53-49-45-41-37-33-29-27-31-35-39-43-47-51-55-66-60(65)54-50-46-42-38-34-30-18-16-14-12-10-8-6-4-2/h10,12,16,18,29,33,48,52,57-58,62-63H,3-9,11,13-15,17,19-28,30-32,34-47,49-51,53-56H2,1-2H3,(H,61,64)/b12-10-,18-16-,33-29-,52-48+. The van der Waals surface area contributed by atoms with Gasteiger partial charge in [0.15, 0.2) is 0 Å². The number of hydrogen-bond donors (Lipinski definition) is 3. The molecular formula is C60H111NO5. The monoisotopic (exact) mass is 926 g/mol. The van der Waals surface area contributed by atoms with Crippen molar-refractivity contribution in [3.8, 4) is 0 Å². The van der Waals surface area contributed by atoms with Gasteiger partial charge in [0.25, 0.3) is 0 Å². The molecule has 386 valence electrons. The Morgan fingerprint density at radius 2 is 0.773 bits per heavy atom. The number of amides is 1. The van der Waals surface area contributed by atoms with Crippen molar-refractivity contribution in [2.75, 3.05) is 13.2 Å². The second-order valence-electron chi connectivity index (χ2n) is 19.6. The summed E-state index contributed by atoms with van der Waals surface area (Å²) in [5.74, 6) is -0.126. The Morgan fingerprint density at radius 3 is 1.23 bits per heavy atom. The lowest BCUT2D eigenvalue weighted by Gasteiger charge is -2.19. The van der Waals surface area contributed by atoms with Crippen molar-refractivity contribution in [2.24, 2.45) is 0 Å². The summed E-state index contributed by atoms with van der Waals surface area (Å²) < 4.78 is 5.45. The van der Waals surface area contributed by atoms with Crippen LogP contribution in [0.3, 0.4) is 0 Å². The number of aliphatic hydroxyl groups excluding tert-OH is 2. The fraction of sp³-hybridized carbons (Fsp3) is 0.833. The fourth-order valence-corrected chi connectivity index (χ4v) is 8.59. The van der Waals surface area contributed by atoms with Gasteiger partial charge in [0.05, 0.1) is 25.4 Å². The van der Waals surface area contributed by atoms with E-state index in [-0.39, 0.29) is 18.5 Å². The van der Waals surface area contributed by atoms with E-state index in [4.69, 9.17) is 4.74 Å². The Balaban J connectivity index is 3.54. The van der Waals surface area contributed by atoms with Crippen molar-refractivity contribution in [1.82, 2.24) is 5.32 Å². The molecule has 0 aromatic heterocycles. The number of allylic oxidation sites excluding steroid dienone is 7. The Labute approximate surface area is 410 Å². The smallest absolute Gasteiger partial charge is 0.305 e. The van der Waals surface area contributed by atoms with Gasteiger partial charge in [-0.1, -0.05) is 249 Å². The number of ether oxygens (including phenoxy) is 1. The average Bonchev–Trinajstić information content (AvgIpc) is 3.32. The SMILES string of the molecule is CCCC/C=C\C/C=C\CCCCCCCC(=O)OCCCCCCCC/C=C\CCCCCC(=O)NC(CO)C(O)/C=C/CCCCCCCCCCCCCCCCCCCCCC. The maximum absolute atomic E-state index is 12.5. The minimum Gasteiger partial charge on any atom is -0.466 e. The molecule has 66 heavy (non-hydrogen) atoms. The van der Waals surface area contributed by atoms with Gasteiger partial charge in [0.1, 0.15) is 0 Å². The zero-order valence-electron chi connectivity index (χ0n) is 43.9. The molecule has 0 aromatic rings. The number of esters is 1. The zero-order valence-corrected chi connectivity index (χ0v) is 43.9. The number of aliphatic hydroxyl groups is 2. The van der Waals surface area contributed by atoms with Crippen LogP contribution in [0, 0.1) is 0 Å². The van der Waals surface area contributed by atoms with E-state index in [2.05, 4.69) is 55.6 Å². The topological polar surface area (TPSA) is 95.9 Å². The normalized spacial score (nSPS) is 13.0. The molecule has 1 amide bonds. The third kappa shape index (κ3) is 51.2. The molecule has 0 saturated heterocycles. The van der Waals surface area contributed by atoms with Crippen molar-refractivity contribution in [2.45, 2.75) is 309 Å². The van der Waals surface area contributed by atoms with E-state index in [9.17, 15) is 19.8 Å².